The molecule has 0 spiro atoms. The average Bonchev–Trinajstić information content (AvgIpc) is 2.35. The molecule has 0 bridgehead atoms. The van der Waals surface area contributed by atoms with Gasteiger partial charge in [-0.3, -0.25) is 14.9 Å². The van der Waals surface area contributed by atoms with Crippen LogP contribution in [-0.2, 0) is 0 Å². The molecule has 17 heavy (non-hydrogen) atoms. The van der Waals surface area contributed by atoms with Gasteiger partial charge in [-0.15, -0.1) is 11.6 Å². The summed E-state index contributed by atoms with van der Waals surface area (Å²) in [4.78, 5) is 21.4. The van der Waals surface area contributed by atoms with Gasteiger partial charge in [-0.25, -0.2) is 0 Å². The number of aliphatic hydroxyl groups excluding tert-OH is 1. The predicted octanol–water partition coefficient (Wildman–Crippen LogP) is 0.924. The number of hydrogen-bond acceptors (Lipinski definition) is 4. The first kappa shape index (κ1) is 13.4. The van der Waals surface area contributed by atoms with Crippen molar-refractivity contribution in [2.45, 2.75) is 6.10 Å². The second-order valence-corrected chi connectivity index (χ2v) is 3.63. The van der Waals surface area contributed by atoms with Crippen LogP contribution in [0.25, 0.3) is 0 Å². The number of halogens is 1. The zero-order valence-electron chi connectivity index (χ0n) is 8.80. The monoisotopic (exact) mass is 258 g/mol. The molecule has 0 aromatic heterocycles. The van der Waals surface area contributed by atoms with Crippen molar-refractivity contribution in [1.82, 2.24) is 5.32 Å². The summed E-state index contributed by atoms with van der Waals surface area (Å²) < 4.78 is 0. The van der Waals surface area contributed by atoms with E-state index in [4.69, 9.17) is 16.7 Å². The molecule has 0 radical (unpaired) electrons. The standard InChI is InChI=1S/C10H11ClN2O4/c11-5-9(14)6-12-10(15)7-1-3-8(4-2-7)13(16)17/h1-4,9,14H,5-6H2,(H,12,15)/t9-/m1/s1. The lowest BCUT2D eigenvalue weighted by molar-refractivity contribution is -0.384. The summed E-state index contributed by atoms with van der Waals surface area (Å²) in [7, 11) is 0. The Morgan fingerprint density at radius 2 is 2.06 bits per heavy atom. The zero-order chi connectivity index (χ0) is 12.8. The molecule has 1 aromatic carbocycles. The second-order valence-electron chi connectivity index (χ2n) is 3.32. The van der Waals surface area contributed by atoms with E-state index in [0.29, 0.717) is 0 Å². The number of carbonyl (C=O) groups is 1. The van der Waals surface area contributed by atoms with Gasteiger partial charge >= 0.3 is 0 Å². The quantitative estimate of drug-likeness (QED) is 0.467. The fraction of sp³-hybridized carbons (Fsp3) is 0.300. The highest BCUT2D eigenvalue weighted by atomic mass is 35.5. The van der Waals surface area contributed by atoms with Crippen molar-refractivity contribution in [1.29, 1.82) is 0 Å². The van der Waals surface area contributed by atoms with Crippen LogP contribution in [0.15, 0.2) is 24.3 Å². The Bertz CT molecular complexity index is 407. The van der Waals surface area contributed by atoms with E-state index in [0.717, 1.165) is 0 Å². The van der Waals surface area contributed by atoms with Gasteiger partial charge in [0.2, 0.25) is 0 Å². The van der Waals surface area contributed by atoms with Crippen molar-refractivity contribution in [3.05, 3.63) is 39.9 Å². The fourth-order valence-corrected chi connectivity index (χ4v) is 1.21. The molecule has 0 fully saturated rings. The maximum Gasteiger partial charge on any atom is 0.269 e. The number of amides is 1. The van der Waals surface area contributed by atoms with Crippen LogP contribution >= 0.6 is 11.6 Å². The van der Waals surface area contributed by atoms with Gasteiger partial charge in [0.1, 0.15) is 0 Å². The number of non-ortho nitro benzene ring substituents is 1. The maximum absolute atomic E-state index is 11.5. The lowest BCUT2D eigenvalue weighted by atomic mass is 10.2. The molecule has 0 heterocycles. The number of nitro groups is 1. The van der Waals surface area contributed by atoms with Gasteiger partial charge < -0.3 is 10.4 Å². The van der Waals surface area contributed by atoms with Crippen LogP contribution in [-0.4, -0.2) is 34.5 Å². The first-order valence-corrected chi connectivity index (χ1v) is 5.34. The van der Waals surface area contributed by atoms with Gasteiger partial charge in [0, 0.05) is 24.2 Å². The SMILES string of the molecule is O=C(NC[C@H](O)CCl)c1ccc([N+](=O)[O-])cc1. The summed E-state index contributed by atoms with van der Waals surface area (Å²) in [6.07, 6.45) is -0.807. The van der Waals surface area contributed by atoms with Crippen molar-refractivity contribution in [2.75, 3.05) is 12.4 Å². The number of hydrogen-bond donors (Lipinski definition) is 2. The molecular formula is C10H11ClN2O4. The largest absolute Gasteiger partial charge is 0.390 e. The van der Waals surface area contributed by atoms with Crippen LogP contribution in [0.5, 0.6) is 0 Å². The molecule has 1 atom stereocenters. The van der Waals surface area contributed by atoms with Crippen LogP contribution in [0, 0.1) is 10.1 Å². The minimum Gasteiger partial charge on any atom is -0.390 e. The molecule has 0 aliphatic heterocycles. The maximum atomic E-state index is 11.5. The molecule has 0 unspecified atom stereocenters. The molecule has 0 aliphatic rings. The summed E-state index contributed by atoms with van der Waals surface area (Å²) in [5.74, 6) is -0.385. The van der Waals surface area contributed by atoms with Crippen molar-refractivity contribution in [3.63, 3.8) is 0 Å². The minimum atomic E-state index is -0.807. The normalized spacial score (nSPS) is 11.9. The third-order valence-electron chi connectivity index (χ3n) is 2.02. The predicted molar refractivity (Wildman–Crippen MR) is 62.2 cm³/mol. The second kappa shape index (κ2) is 6.17. The summed E-state index contributed by atoms with van der Waals surface area (Å²) in [5.41, 5.74) is 0.208. The first-order valence-electron chi connectivity index (χ1n) is 4.81. The van der Waals surface area contributed by atoms with E-state index in [1.165, 1.54) is 24.3 Å². The number of nitrogens with zero attached hydrogens (tertiary/aromatic N) is 1. The Balaban J connectivity index is 2.61. The van der Waals surface area contributed by atoms with E-state index in [2.05, 4.69) is 5.32 Å². The Kier molecular flexibility index (Phi) is 4.86. The summed E-state index contributed by atoms with van der Waals surface area (Å²) in [5, 5.41) is 22.0. The van der Waals surface area contributed by atoms with Crippen LogP contribution in [0.4, 0.5) is 5.69 Å². The molecule has 6 nitrogen and oxygen atoms in total. The highest BCUT2D eigenvalue weighted by Crippen LogP contribution is 2.11. The van der Waals surface area contributed by atoms with Crippen molar-refractivity contribution in [3.8, 4) is 0 Å². The lowest BCUT2D eigenvalue weighted by Crippen LogP contribution is -2.32. The highest BCUT2D eigenvalue weighted by molar-refractivity contribution is 6.18. The molecule has 1 rings (SSSR count). The third-order valence-corrected chi connectivity index (χ3v) is 2.37. The fourth-order valence-electron chi connectivity index (χ4n) is 1.10. The van der Waals surface area contributed by atoms with Crippen molar-refractivity contribution >= 4 is 23.2 Å². The van der Waals surface area contributed by atoms with Gasteiger partial charge in [0.15, 0.2) is 0 Å². The third kappa shape index (κ3) is 4.01. The van der Waals surface area contributed by atoms with Crippen LogP contribution in [0.2, 0.25) is 0 Å². The van der Waals surface area contributed by atoms with Gasteiger partial charge in [-0.05, 0) is 12.1 Å². The van der Waals surface area contributed by atoms with Gasteiger partial charge in [0.05, 0.1) is 16.9 Å². The van der Waals surface area contributed by atoms with Crippen LogP contribution in [0.3, 0.4) is 0 Å². The number of rotatable bonds is 5. The Labute approximate surface area is 102 Å². The number of carbonyl (C=O) groups excluding carboxylic acids is 1. The van der Waals surface area contributed by atoms with E-state index in [-0.39, 0.29) is 23.7 Å². The number of aliphatic hydroxyl groups is 1. The van der Waals surface area contributed by atoms with E-state index < -0.39 is 16.9 Å². The summed E-state index contributed by atoms with van der Waals surface area (Å²) in [6, 6.07) is 5.18. The number of nitrogens with one attached hydrogen (secondary N) is 1. The first-order chi connectivity index (χ1) is 8.04. The number of nitro benzene ring substituents is 1. The Hall–Kier alpha value is -1.66. The molecule has 0 aliphatic carbocycles. The molecule has 7 heteroatoms. The number of benzene rings is 1. The highest BCUT2D eigenvalue weighted by Gasteiger charge is 2.10. The lowest BCUT2D eigenvalue weighted by Gasteiger charge is -2.08. The topological polar surface area (TPSA) is 92.5 Å². The molecule has 1 amide bonds. The van der Waals surface area contributed by atoms with E-state index in [1.807, 2.05) is 0 Å². The minimum absolute atomic E-state index is 0.0283. The van der Waals surface area contributed by atoms with Crippen LogP contribution < -0.4 is 5.32 Å². The zero-order valence-corrected chi connectivity index (χ0v) is 9.55. The molecule has 1 aromatic rings. The van der Waals surface area contributed by atoms with Crippen molar-refractivity contribution < 1.29 is 14.8 Å². The van der Waals surface area contributed by atoms with Crippen LogP contribution in [0.1, 0.15) is 10.4 Å². The molecule has 92 valence electrons. The average molecular weight is 259 g/mol. The number of alkyl halides is 1. The van der Waals surface area contributed by atoms with Crippen molar-refractivity contribution in [2.24, 2.45) is 0 Å². The molecule has 2 N–H and O–H groups in total. The molecule has 0 saturated heterocycles. The Morgan fingerprint density at radius 1 is 1.47 bits per heavy atom. The van der Waals surface area contributed by atoms with E-state index in [1.54, 1.807) is 0 Å². The van der Waals surface area contributed by atoms with Gasteiger partial charge in [-0.1, -0.05) is 0 Å². The molecule has 0 saturated carbocycles. The van der Waals surface area contributed by atoms with E-state index >= 15 is 0 Å². The van der Waals surface area contributed by atoms with Gasteiger partial charge in [0.25, 0.3) is 11.6 Å². The van der Waals surface area contributed by atoms with Gasteiger partial charge in [-0.2, -0.15) is 0 Å². The summed E-state index contributed by atoms with van der Waals surface area (Å²) >= 11 is 5.36. The smallest absolute Gasteiger partial charge is 0.269 e. The Morgan fingerprint density at radius 3 is 2.53 bits per heavy atom. The molecular weight excluding hydrogens is 248 g/mol. The van der Waals surface area contributed by atoms with E-state index in [9.17, 15) is 14.9 Å². The summed E-state index contributed by atoms with van der Waals surface area (Å²) in [6.45, 7) is 0.0410.